The van der Waals surface area contributed by atoms with Gasteiger partial charge in [0.1, 0.15) is 5.75 Å². The Morgan fingerprint density at radius 1 is 1.26 bits per heavy atom. The molecular formula is C17H20N4O5S. The largest absolute Gasteiger partial charge is 0.491 e. The summed E-state index contributed by atoms with van der Waals surface area (Å²) in [5.41, 5.74) is 6.14. The first-order valence-electron chi connectivity index (χ1n) is 8.03. The Labute approximate surface area is 159 Å². The molecule has 0 aliphatic heterocycles. The van der Waals surface area contributed by atoms with Gasteiger partial charge in [-0.2, -0.15) is 0 Å². The molecule has 9 nitrogen and oxygen atoms in total. The third kappa shape index (κ3) is 6.26. The summed E-state index contributed by atoms with van der Waals surface area (Å²) >= 11 is 0.997. The maximum atomic E-state index is 12.2. The Balaban J connectivity index is 2.03. The van der Waals surface area contributed by atoms with E-state index in [2.05, 4.69) is 20.4 Å². The highest BCUT2D eigenvalue weighted by Crippen LogP contribution is 2.26. The fraction of sp³-hybridized carbons (Fsp3) is 0.294. The third-order valence-electron chi connectivity index (χ3n) is 3.08. The molecule has 144 valence electrons. The molecule has 0 unspecified atom stereocenters. The number of benzene rings is 1. The molecule has 0 saturated carbocycles. The van der Waals surface area contributed by atoms with E-state index < -0.39 is 18.1 Å². The lowest BCUT2D eigenvalue weighted by molar-refractivity contribution is 0.0633. The average molecular weight is 392 g/mol. The van der Waals surface area contributed by atoms with Crippen molar-refractivity contribution in [3.63, 3.8) is 0 Å². The molecule has 0 bridgehead atoms. The predicted molar refractivity (Wildman–Crippen MR) is 101 cm³/mol. The van der Waals surface area contributed by atoms with Gasteiger partial charge in [0.15, 0.2) is 10.8 Å². The monoisotopic (exact) mass is 392 g/mol. The molecule has 4 N–H and O–H groups in total. The SMILES string of the molecule is Cc1ccc(NC(=O)Nc2nc(C(=O)OC(N)=O)cs2)c(OCC(C)C)c1. The van der Waals surface area contributed by atoms with Crippen molar-refractivity contribution < 1.29 is 23.9 Å². The zero-order chi connectivity index (χ0) is 20.0. The summed E-state index contributed by atoms with van der Waals surface area (Å²) in [6.45, 7) is 6.49. The highest BCUT2D eigenvalue weighted by molar-refractivity contribution is 7.14. The van der Waals surface area contributed by atoms with Gasteiger partial charge in [-0.25, -0.2) is 19.4 Å². The van der Waals surface area contributed by atoms with Crippen molar-refractivity contribution >= 4 is 40.2 Å². The second kappa shape index (κ2) is 8.99. The van der Waals surface area contributed by atoms with Gasteiger partial charge in [-0.05, 0) is 30.5 Å². The van der Waals surface area contributed by atoms with Gasteiger partial charge in [0.2, 0.25) is 0 Å². The molecule has 0 aliphatic rings. The van der Waals surface area contributed by atoms with Gasteiger partial charge < -0.3 is 20.5 Å². The number of aryl methyl sites for hydroxylation is 1. The number of nitrogens with two attached hydrogens (primary N) is 1. The molecule has 0 radical (unpaired) electrons. The van der Waals surface area contributed by atoms with Crippen molar-refractivity contribution in [2.45, 2.75) is 20.8 Å². The maximum absolute atomic E-state index is 12.2. The van der Waals surface area contributed by atoms with E-state index >= 15 is 0 Å². The minimum atomic E-state index is -1.23. The maximum Gasteiger partial charge on any atom is 0.412 e. The normalized spacial score (nSPS) is 10.4. The van der Waals surface area contributed by atoms with Crippen molar-refractivity contribution in [2.75, 3.05) is 17.2 Å². The van der Waals surface area contributed by atoms with Crippen LogP contribution in [-0.2, 0) is 4.74 Å². The summed E-state index contributed by atoms with van der Waals surface area (Å²) in [5.74, 6) is -0.0973. The van der Waals surface area contributed by atoms with E-state index in [-0.39, 0.29) is 10.8 Å². The van der Waals surface area contributed by atoms with Gasteiger partial charge >= 0.3 is 18.1 Å². The van der Waals surface area contributed by atoms with E-state index in [0.717, 1.165) is 16.9 Å². The zero-order valence-electron chi connectivity index (χ0n) is 15.1. The quantitative estimate of drug-likeness (QED) is 0.510. The van der Waals surface area contributed by atoms with Crippen LogP contribution in [0.5, 0.6) is 5.75 Å². The van der Waals surface area contributed by atoms with Crippen LogP contribution in [0.1, 0.15) is 29.9 Å². The van der Waals surface area contributed by atoms with Gasteiger partial charge in [-0.1, -0.05) is 19.9 Å². The molecule has 1 aromatic heterocycles. The van der Waals surface area contributed by atoms with Gasteiger partial charge in [-0.3, -0.25) is 5.32 Å². The number of carbonyl (C=O) groups is 3. The predicted octanol–water partition coefficient (Wildman–Crippen LogP) is 3.37. The molecule has 0 fully saturated rings. The standard InChI is InChI=1S/C17H20N4O5S/c1-9(2)7-25-13-6-10(3)4-5-11(13)19-16(24)21-17-20-12(8-27-17)14(22)26-15(18)23/h4-6,8-9H,7H2,1-3H3,(H2,18,23)(H2,19,20,21,24). The number of esters is 1. The second-order valence-electron chi connectivity index (χ2n) is 6.03. The Kier molecular flexibility index (Phi) is 6.72. The van der Waals surface area contributed by atoms with Crippen LogP contribution in [0.15, 0.2) is 23.6 Å². The smallest absolute Gasteiger partial charge is 0.412 e. The van der Waals surface area contributed by atoms with E-state index in [1.807, 2.05) is 32.9 Å². The number of nitrogens with zero attached hydrogens (tertiary/aromatic N) is 1. The number of amides is 3. The molecule has 3 amide bonds. The van der Waals surface area contributed by atoms with Crippen LogP contribution in [0.4, 0.5) is 20.4 Å². The van der Waals surface area contributed by atoms with Crippen LogP contribution in [0.3, 0.4) is 0 Å². The van der Waals surface area contributed by atoms with Crippen molar-refractivity contribution in [3.05, 3.63) is 34.8 Å². The Morgan fingerprint density at radius 2 is 2.00 bits per heavy atom. The molecule has 0 saturated heterocycles. The summed E-state index contributed by atoms with van der Waals surface area (Å²) in [4.78, 5) is 38.2. The number of carbonyl (C=O) groups excluding carboxylic acids is 3. The van der Waals surface area contributed by atoms with E-state index in [4.69, 9.17) is 10.5 Å². The number of hydrogen-bond donors (Lipinski definition) is 3. The van der Waals surface area contributed by atoms with E-state index in [1.54, 1.807) is 6.07 Å². The summed E-state index contributed by atoms with van der Waals surface area (Å²) in [7, 11) is 0. The highest BCUT2D eigenvalue weighted by atomic mass is 32.1. The summed E-state index contributed by atoms with van der Waals surface area (Å²) in [5, 5.41) is 6.68. The molecular weight excluding hydrogens is 372 g/mol. The van der Waals surface area contributed by atoms with Crippen LogP contribution >= 0.6 is 11.3 Å². The first-order chi connectivity index (χ1) is 12.7. The van der Waals surface area contributed by atoms with Crippen molar-refractivity contribution in [2.24, 2.45) is 11.7 Å². The minimum Gasteiger partial charge on any atom is -0.491 e. The Morgan fingerprint density at radius 3 is 2.67 bits per heavy atom. The summed E-state index contributed by atoms with van der Waals surface area (Å²) in [6.07, 6.45) is -1.23. The molecule has 1 aromatic carbocycles. The number of nitrogens with one attached hydrogen (secondary N) is 2. The van der Waals surface area contributed by atoms with E-state index in [0.29, 0.717) is 24.0 Å². The van der Waals surface area contributed by atoms with Crippen molar-refractivity contribution in [3.8, 4) is 5.75 Å². The number of rotatable bonds is 6. The van der Waals surface area contributed by atoms with Crippen LogP contribution in [0.25, 0.3) is 0 Å². The van der Waals surface area contributed by atoms with Crippen molar-refractivity contribution in [1.82, 2.24) is 4.98 Å². The Bertz CT molecular complexity index is 850. The van der Waals surface area contributed by atoms with Gasteiger partial charge in [0.25, 0.3) is 0 Å². The van der Waals surface area contributed by atoms with Gasteiger partial charge in [0.05, 0.1) is 12.3 Å². The molecule has 2 aromatic rings. The number of thiazole rings is 1. The molecule has 0 spiro atoms. The molecule has 1 heterocycles. The first kappa shape index (κ1) is 20.2. The number of urea groups is 1. The number of hydrogen-bond acceptors (Lipinski definition) is 7. The summed E-state index contributed by atoms with van der Waals surface area (Å²) in [6, 6.07) is 4.86. The van der Waals surface area contributed by atoms with Crippen LogP contribution < -0.4 is 21.1 Å². The molecule has 10 heteroatoms. The van der Waals surface area contributed by atoms with E-state index in [9.17, 15) is 14.4 Å². The zero-order valence-corrected chi connectivity index (χ0v) is 15.9. The van der Waals surface area contributed by atoms with Gasteiger partial charge in [-0.15, -0.1) is 11.3 Å². The van der Waals surface area contributed by atoms with Crippen LogP contribution in [0, 0.1) is 12.8 Å². The molecule has 27 heavy (non-hydrogen) atoms. The van der Waals surface area contributed by atoms with Crippen LogP contribution in [0.2, 0.25) is 0 Å². The van der Waals surface area contributed by atoms with Crippen LogP contribution in [-0.4, -0.2) is 29.7 Å². The number of aromatic nitrogens is 1. The lowest BCUT2D eigenvalue weighted by Gasteiger charge is -2.14. The lowest BCUT2D eigenvalue weighted by atomic mass is 10.2. The first-order valence-corrected chi connectivity index (χ1v) is 8.91. The van der Waals surface area contributed by atoms with E-state index in [1.165, 1.54) is 5.38 Å². The summed E-state index contributed by atoms with van der Waals surface area (Å²) < 4.78 is 9.97. The van der Waals surface area contributed by atoms with Crippen molar-refractivity contribution in [1.29, 1.82) is 0 Å². The fourth-order valence-electron chi connectivity index (χ4n) is 1.93. The molecule has 0 atom stereocenters. The Hall–Kier alpha value is -3.14. The third-order valence-corrected chi connectivity index (χ3v) is 3.84. The van der Waals surface area contributed by atoms with Gasteiger partial charge in [0, 0.05) is 5.38 Å². The lowest BCUT2D eigenvalue weighted by Crippen LogP contribution is -2.21. The number of anilines is 2. The highest BCUT2D eigenvalue weighted by Gasteiger charge is 2.16. The number of primary amides is 1. The molecule has 0 aliphatic carbocycles. The molecule has 2 rings (SSSR count). The topological polar surface area (TPSA) is 133 Å². The fourth-order valence-corrected chi connectivity index (χ4v) is 2.60. The average Bonchev–Trinajstić information content (AvgIpc) is 3.03. The number of ether oxygens (including phenoxy) is 2. The minimum absolute atomic E-state index is 0.134. The second-order valence-corrected chi connectivity index (χ2v) is 6.89.